The molecule has 0 aromatic rings. The summed E-state index contributed by atoms with van der Waals surface area (Å²) in [6.07, 6.45) is 2.39. The van der Waals surface area contributed by atoms with Crippen LogP contribution >= 0.6 is 12.4 Å². The van der Waals surface area contributed by atoms with Crippen molar-refractivity contribution >= 4 is 18.3 Å². The van der Waals surface area contributed by atoms with E-state index in [9.17, 15) is 4.79 Å². The third-order valence-corrected chi connectivity index (χ3v) is 3.07. The van der Waals surface area contributed by atoms with Crippen LogP contribution in [-0.2, 0) is 9.53 Å². The first kappa shape index (κ1) is 15.7. The molecule has 1 amide bonds. The molecule has 1 rings (SSSR count). The van der Waals surface area contributed by atoms with Gasteiger partial charge in [0.1, 0.15) is 0 Å². The summed E-state index contributed by atoms with van der Waals surface area (Å²) in [6, 6.07) is 0.0658. The Kier molecular flexibility index (Phi) is 6.95. The number of hydrogen-bond acceptors (Lipinski definition) is 3. The summed E-state index contributed by atoms with van der Waals surface area (Å²) < 4.78 is 5.10. The minimum Gasteiger partial charge on any atom is -0.383 e. The highest BCUT2D eigenvalue weighted by atomic mass is 35.5. The fraction of sp³-hybridized carbons (Fsp3) is 0.909. The molecule has 5 heteroatoms. The zero-order chi connectivity index (χ0) is 11.4. The molecule has 1 saturated carbocycles. The van der Waals surface area contributed by atoms with Gasteiger partial charge >= 0.3 is 0 Å². The molecular weight excluding hydrogens is 228 g/mol. The molecule has 0 heterocycles. The summed E-state index contributed by atoms with van der Waals surface area (Å²) in [4.78, 5) is 11.8. The van der Waals surface area contributed by atoms with Gasteiger partial charge in [-0.2, -0.15) is 0 Å². The minimum absolute atomic E-state index is 0. The zero-order valence-electron chi connectivity index (χ0n) is 10.2. The Bertz CT molecular complexity index is 220. The lowest BCUT2D eigenvalue weighted by molar-refractivity contribution is -0.126. The summed E-state index contributed by atoms with van der Waals surface area (Å²) in [5.74, 6) is 0.510. The molecule has 1 fully saturated rings. The maximum absolute atomic E-state index is 11.8. The Balaban J connectivity index is 0.00000225. The highest BCUT2D eigenvalue weighted by molar-refractivity contribution is 5.85. The molecule has 3 atom stereocenters. The van der Waals surface area contributed by atoms with Crippen molar-refractivity contribution in [3.63, 3.8) is 0 Å². The number of hydrogen-bond donors (Lipinski definition) is 2. The maximum Gasteiger partial charge on any atom is 0.224 e. The third kappa shape index (κ3) is 4.68. The van der Waals surface area contributed by atoms with E-state index in [4.69, 9.17) is 10.5 Å². The molecule has 0 bridgehead atoms. The predicted molar refractivity (Wildman–Crippen MR) is 66.6 cm³/mol. The summed E-state index contributed by atoms with van der Waals surface area (Å²) in [5, 5.41) is 3.02. The molecule has 96 valence electrons. The maximum atomic E-state index is 11.8. The van der Waals surface area contributed by atoms with Crippen molar-refractivity contribution in [3.8, 4) is 0 Å². The number of rotatable bonds is 6. The van der Waals surface area contributed by atoms with Gasteiger partial charge in [-0.15, -0.1) is 12.4 Å². The lowest BCUT2D eigenvalue weighted by atomic mass is 10.0. The highest BCUT2D eigenvalue weighted by Crippen LogP contribution is 2.32. The highest BCUT2D eigenvalue weighted by Gasteiger charge is 2.33. The van der Waals surface area contributed by atoms with E-state index in [2.05, 4.69) is 5.32 Å². The number of amides is 1. The van der Waals surface area contributed by atoms with Crippen LogP contribution in [0.3, 0.4) is 0 Å². The van der Waals surface area contributed by atoms with Gasteiger partial charge < -0.3 is 15.8 Å². The van der Waals surface area contributed by atoms with E-state index in [-0.39, 0.29) is 36.3 Å². The standard InChI is InChI=1S/C11H22N2O2.ClH/c1-7(8(2)12)11(14)13-10(6-15-3)9-4-5-9;/h7-10H,4-6,12H2,1-3H3,(H,13,14);1H. The first-order valence-electron chi connectivity index (χ1n) is 5.61. The van der Waals surface area contributed by atoms with Crippen LogP contribution in [0.2, 0.25) is 0 Å². The fourth-order valence-electron chi connectivity index (χ4n) is 1.53. The predicted octanol–water partition coefficient (Wildman–Crippen LogP) is 0.933. The molecule has 0 aromatic heterocycles. The minimum atomic E-state index is -0.136. The summed E-state index contributed by atoms with van der Waals surface area (Å²) in [5.41, 5.74) is 5.69. The second-order valence-corrected chi connectivity index (χ2v) is 4.56. The summed E-state index contributed by atoms with van der Waals surface area (Å²) in [6.45, 7) is 4.31. The molecule has 3 N–H and O–H groups in total. The van der Waals surface area contributed by atoms with Gasteiger partial charge in [0, 0.05) is 19.1 Å². The SMILES string of the molecule is COCC(NC(=O)C(C)C(C)N)C1CC1.Cl. The largest absolute Gasteiger partial charge is 0.383 e. The van der Waals surface area contributed by atoms with Gasteiger partial charge in [-0.25, -0.2) is 0 Å². The van der Waals surface area contributed by atoms with E-state index in [1.165, 1.54) is 12.8 Å². The number of ether oxygens (including phenoxy) is 1. The van der Waals surface area contributed by atoms with Gasteiger partial charge in [-0.1, -0.05) is 6.92 Å². The lowest BCUT2D eigenvalue weighted by Gasteiger charge is -2.21. The van der Waals surface area contributed by atoms with Gasteiger partial charge in [0.25, 0.3) is 0 Å². The van der Waals surface area contributed by atoms with Gasteiger partial charge in [0.2, 0.25) is 5.91 Å². The van der Waals surface area contributed by atoms with E-state index in [0.29, 0.717) is 12.5 Å². The molecule has 16 heavy (non-hydrogen) atoms. The Morgan fingerprint density at radius 1 is 1.50 bits per heavy atom. The molecule has 1 aliphatic rings. The third-order valence-electron chi connectivity index (χ3n) is 3.07. The van der Waals surface area contributed by atoms with E-state index in [1.54, 1.807) is 7.11 Å². The van der Waals surface area contributed by atoms with Crippen molar-refractivity contribution in [1.29, 1.82) is 0 Å². The monoisotopic (exact) mass is 250 g/mol. The Labute approximate surface area is 104 Å². The van der Waals surface area contributed by atoms with Crippen molar-refractivity contribution in [2.75, 3.05) is 13.7 Å². The van der Waals surface area contributed by atoms with Gasteiger partial charge in [0.05, 0.1) is 12.6 Å². The molecule has 3 unspecified atom stereocenters. The van der Waals surface area contributed by atoms with Crippen molar-refractivity contribution < 1.29 is 9.53 Å². The Morgan fingerprint density at radius 3 is 2.44 bits per heavy atom. The van der Waals surface area contributed by atoms with Gasteiger partial charge in [0.15, 0.2) is 0 Å². The molecular formula is C11H23ClN2O2. The number of nitrogens with two attached hydrogens (primary N) is 1. The van der Waals surface area contributed by atoms with E-state index in [0.717, 1.165) is 0 Å². The van der Waals surface area contributed by atoms with Crippen molar-refractivity contribution in [2.45, 2.75) is 38.8 Å². The lowest BCUT2D eigenvalue weighted by Crippen LogP contribution is -2.46. The first-order chi connectivity index (χ1) is 7.06. The Hall–Kier alpha value is -0.320. The molecule has 1 aliphatic carbocycles. The average molecular weight is 251 g/mol. The number of carbonyl (C=O) groups excluding carboxylic acids is 1. The normalized spacial score (nSPS) is 20.5. The van der Waals surface area contributed by atoms with Crippen LogP contribution in [0.15, 0.2) is 0 Å². The van der Waals surface area contributed by atoms with Crippen molar-refractivity contribution in [3.05, 3.63) is 0 Å². The number of methoxy groups -OCH3 is 1. The van der Waals surface area contributed by atoms with Crippen LogP contribution in [0.1, 0.15) is 26.7 Å². The molecule has 0 saturated heterocycles. The second-order valence-electron chi connectivity index (χ2n) is 4.56. The topological polar surface area (TPSA) is 64.3 Å². The van der Waals surface area contributed by atoms with Crippen LogP contribution in [0, 0.1) is 11.8 Å². The molecule has 4 nitrogen and oxygen atoms in total. The number of halogens is 1. The number of nitrogens with one attached hydrogen (secondary N) is 1. The number of carbonyl (C=O) groups is 1. The molecule has 0 aromatic carbocycles. The van der Waals surface area contributed by atoms with E-state index in [1.807, 2.05) is 13.8 Å². The first-order valence-corrected chi connectivity index (χ1v) is 5.61. The molecule has 0 radical (unpaired) electrons. The smallest absolute Gasteiger partial charge is 0.224 e. The second kappa shape index (κ2) is 7.09. The quantitative estimate of drug-likeness (QED) is 0.737. The summed E-state index contributed by atoms with van der Waals surface area (Å²) >= 11 is 0. The van der Waals surface area contributed by atoms with Crippen LogP contribution in [-0.4, -0.2) is 31.7 Å². The van der Waals surface area contributed by atoms with Crippen LogP contribution in [0.25, 0.3) is 0 Å². The Morgan fingerprint density at radius 2 is 2.06 bits per heavy atom. The van der Waals surface area contributed by atoms with Crippen molar-refractivity contribution in [2.24, 2.45) is 17.6 Å². The van der Waals surface area contributed by atoms with Gasteiger partial charge in [-0.3, -0.25) is 4.79 Å². The average Bonchev–Trinajstić information content (AvgIpc) is 2.98. The molecule has 0 aliphatic heterocycles. The van der Waals surface area contributed by atoms with Crippen LogP contribution in [0.5, 0.6) is 0 Å². The van der Waals surface area contributed by atoms with E-state index < -0.39 is 0 Å². The van der Waals surface area contributed by atoms with Crippen LogP contribution < -0.4 is 11.1 Å². The van der Waals surface area contributed by atoms with Crippen molar-refractivity contribution in [1.82, 2.24) is 5.32 Å². The van der Waals surface area contributed by atoms with Crippen LogP contribution in [0.4, 0.5) is 0 Å². The summed E-state index contributed by atoms with van der Waals surface area (Å²) in [7, 11) is 1.66. The molecule has 0 spiro atoms. The fourth-order valence-corrected chi connectivity index (χ4v) is 1.53. The van der Waals surface area contributed by atoms with E-state index >= 15 is 0 Å². The van der Waals surface area contributed by atoms with Gasteiger partial charge in [-0.05, 0) is 25.7 Å². The zero-order valence-corrected chi connectivity index (χ0v) is 11.0.